The molecule has 0 aliphatic rings. The van der Waals surface area contributed by atoms with Crippen LogP contribution in [0, 0.1) is 0 Å². The standard InChI is InChI=1S/C23H29N3O5/c1-6-20-18(13-15(2)3)19(14-26(4)5)21(31-20)23(28)24-11-12-30-17-9-7-16(8-10-17)22(27)25-29/h6-10,13,29H,2,11-12,14H2,1,3-5H3,(H,24,28)(H,25,27). The maximum absolute atomic E-state index is 12.8. The van der Waals surface area contributed by atoms with Gasteiger partial charge in [-0.1, -0.05) is 12.2 Å². The fourth-order valence-electron chi connectivity index (χ4n) is 2.95. The van der Waals surface area contributed by atoms with Crippen molar-refractivity contribution in [1.29, 1.82) is 0 Å². The zero-order valence-electron chi connectivity index (χ0n) is 18.3. The first-order chi connectivity index (χ1) is 14.8. The van der Waals surface area contributed by atoms with Gasteiger partial charge in [-0.15, -0.1) is 0 Å². The van der Waals surface area contributed by atoms with E-state index in [0.717, 1.165) is 16.4 Å². The summed E-state index contributed by atoms with van der Waals surface area (Å²) in [5.74, 6) is -0.109. The smallest absolute Gasteiger partial charge is 0.287 e. The predicted octanol–water partition coefficient (Wildman–Crippen LogP) is 1.43. The van der Waals surface area contributed by atoms with Crippen LogP contribution in [0.2, 0.25) is 0 Å². The van der Waals surface area contributed by atoms with Crippen molar-refractivity contribution in [3.8, 4) is 5.75 Å². The number of hydrogen-bond acceptors (Lipinski definition) is 6. The summed E-state index contributed by atoms with van der Waals surface area (Å²) >= 11 is 0. The molecule has 0 saturated carbocycles. The number of rotatable bonds is 9. The third kappa shape index (κ3) is 6.56. The second-order valence-electron chi connectivity index (χ2n) is 7.27. The lowest BCUT2D eigenvalue weighted by Crippen LogP contribution is -2.30. The Bertz CT molecular complexity index is 1050. The number of hydrogen-bond donors (Lipinski definition) is 3. The molecule has 2 aromatic rings. The highest BCUT2D eigenvalue weighted by Gasteiger charge is 2.19. The minimum absolute atomic E-state index is 0.235. The van der Waals surface area contributed by atoms with E-state index in [1.807, 2.05) is 45.0 Å². The summed E-state index contributed by atoms with van der Waals surface area (Å²) in [4.78, 5) is 26.1. The van der Waals surface area contributed by atoms with Crippen molar-refractivity contribution >= 4 is 24.0 Å². The molecule has 0 atom stereocenters. The number of amides is 2. The normalized spacial score (nSPS) is 12.2. The average molecular weight is 428 g/mol. The molecule has 0 saturated heterocycles. The van der Waals surface area contributed by atoms with E-state index in [0.29, 0.717) is 23.3 Å². The summed E-state index contributed by atoms with van der Waals surface area (Å²) in [5.41, 5.74) is 4.18. The topological polar surface area (TPSA) is 104 Å². The van der Waals surface area contributed by atoms with Crippen molar-refractivity contribution in [3.05, 3.63) is 63.9 Å². The van der Waals surface area contributed by atoms with Crippen molar-refractivity contribution in [2.24, 2.45) is 0 Å². The third-order valence-corrected chi connectivity index (χ3v) is 4.28. The first-order valence-corrected chi connectivity index (χ1v) is 9.82. The Labute approximate surface area is 181 Å². The van der Waals surface area contributed by atoms with Gasteiger partial charge in [-0.2, -0.15) is 0 Å². The summed E-state index contributed by atoms with van der Waals surface area (Å²) < 4.78 is 11.4. The molecule has 3 N–H and O–H groups in total. The highest BCUT2D eigenvalue weighted by atomic mass is 16.5. The molecule has 8 heteroatoms. The fourth-order valence-corrected chi connectivity index (χ4v) is 2.95. The van der Waals surface area contributed by atoms with E-state index in [1.165, 1.54) is 12.1 Å². The summed E-state index contributed by atoms with van der Waals surface area (Å²) in [7, 11) is 3.86. The van der Waals surface area contributed by atoms with Crippen LogP contribution in [0.1, 0.15) is 40.3 Å². The number of benzene rings is 1. The number of hydroxylamine groups is 1. The Morgan fingerprint density at radius 1 is 1.23 bits per heavy atom. The highest BCUT2D eigenvalue weighted by Crippen LogP contribution is 2.12. The average Bonchev–Trinajstić information content (AvgIpc) is 3.07. The van der Waals surface area contributed by atoms with Gasteiger partial charge in [0.25, 0.3) is 11.8 Å². The Morgan fingerprint density at radius 3 is 2.45 bits per heavy atom. The van der Waals surface area contributed by atoms with Crippen LogP contribution in [0.25, 0.3) is 12.2 Å². The molecule has 0 spiro atoms. The van der Waals surface area contributed by atoms with Crippen molar-refractivity contribution in [2.75, 3.05) is 27.2 Å². The summed E-state index contributed by atoms with van der Waals surface area (Å²) in [6.45, 7) is 8.74. The summed E-state index contributed by atoms with van der Waals surface area (Å²) in [6.07, 6.45) is 3.74. The summed E-state index contributed by atoms with van der Waals surface area (Å²) in [6, 6.07) is 6.27. The van der Waals surface area contributed by atoms with Crippen molar-refractivity contribution < 1.29 is 24.0 Å². The second kappa shape index (κ2) is 11.1. The predicted molar refractivity (Wildman–Crippen MR) is 118 cm³/mol. The third-order valence-electron chi connectivity index (χ3n) is 4.28. The molecular formula is C23H29N3O5. The molecule has 0 unspecified atom stereocenters. The van der Waals surface area contributed by atoms with Crippen LogP contribution in [0.15, 0.2) is 40.8 Å². The Hall–Kier alpha value is -3.36. The Balaban J connectivity index is 2.07. The molecular weight excluding hydrogens is 398 g/mol. The molecule has 0 fully saturated rings. The number of carbonyl (C=O) groups excluding carboxylic acids is 2. The van der Waals surface area contributed by atoms with Gasteiger partial charge in [-0.3, -0.25) is 14.8 Å². The fraction of sp³-hybridized carbons (Fsp3) is 0.304. The molecule has 0 radical (unpaired) electrons. The van der Waals surface area contributed by atoms with Crippen LogP contribution in [0.5, 0.6) is 5.75 Å². The molecule has 1 aromatic carbocycles. The monoisotopic (exact) mass is 427 g/mol. The van der Waals surface area contributed by atoms with Crippen LogP contribution in [0.3, 0.4) is 0 Å². The zero-order chi connectivity index (χ0) is 23.0. The van der Waals surface area contributed by atoms with Crippen LogP contribution in [-0.2, 0) is 6.54 Å². The first kappa shape index (κ1) is 23.9. The van der Waals surface area contributed by atoms with Gasteiger partial charge >= 0.3 is 0 Å². The Kier molecular flexibility index (Phi) is 8.60. The second-order valence-corrected chi connectivity index (χ2v) is 7.27. The van der Waals surface area contributed by atoms with Crippen LogP contribution < -0.4 is 26.2 Å². The lowest BCUT2D eigenvalue weighted by molar-refractivity contribution is 0.0706. The van der Waals surface area contributed by atoms with Gasteiger partial charge in [-0.25, -0.2) is 5.48 Å². The van der Waals surface area contributed by atoms with Crippen molar-refractivity contribution in [2.45, 2.75) is 20.4 Å². The lowest BCUT2D eigenvalue weighted by Gasteiger charge is -2.11. The van der Waals surface area contributed by atoms with Crippen LogP contribution >= 0.6 is 0 Å². The number of nitrogens with one attached hydrogen (secondary N) is 2. The Morgan fingerprint density at radius 2 is 1.90 bits per heavy atom. The molecule has 0 aliphatic carbocycles. The van der Waals surface area contributed by atoms with Gasteiger partial charge < -0.3 is 19.4 Å². The highest BCUT2D eigenvalue weighted by molar-refractivity contribution is 5.93. The van der Waals surface area contributed by atoms with E-state index in [-0.39, 0.29) is 24.8 Å². The van der Waals surface area contributed by atoms with E-state index in [2.05, 4.69) is 11.9 Å². The van der Waals surface area contributed by atoms with Crippen molar-refractivity contribution in [3.63, 3.8) is 0 Å². The lowest BCUT2D eigenvalue weighted by atomic mass is 10.1. The number of nitrogens with zero attached hydrogens (tertiary/aromatic N) is 1. The SMILES string of the molecule is C=C(C)C=c1c(CN(C)C)c(C(=O)NCCOc2ccc(C(=O)NO)cc2)oc1=CC. The van der Waals surface area contributed by atoms with E-state index in [9.17, 15) is 9.59 Å². The molecule has 0 bridgehead atoms. The number of allylic oxidation sites excluding steroid dienone is 1. The maximum Gasteiger partial charge on any atom is 0.287 e. The molecule has 2 amide bonds. The van der Waals surface area contributed by atoms with Gasteiger partial charge in [0.2, 0.25) is 0 Å². The molecule has 1 heterocycles. The number of ether oxygens (including phenoxy) is 1. The van der Waals surface area contributed by atoms with E-state index in [1.54, 1.807) is 17.6 Å². The van der Waals surface area contributed by atoms with E-state index in [4.69, 9.17) is 14.4 Å². The minimum Gasteiger partial charge on any atom is -0.492 e. The van der Waals surface area contributed by atoms with Gasteiger partial charge in [-0.05, 0) is 64.4 Å². The minimum atomic E-state index is -0.599. The molecule has 1 aromatic heterocycles. The molecule has 31 heavy (non-hydrogen) atoms. The van der Waals surface area contributed by atoms with Crippen LogP contribution in [0.4, 0.5) is 0 Å². The molecule has 166 valence electrons. The van der Waals surface area contributed by atoms with Gasteiger partial charge in [0, 0.05) is 22.9 Å². The quantitative estimate of drug-likeness (QED) is 0.318. The molecule has 0 aliphatic heterocycles. The molecule has 2 rings (SSSR count). The maximum atomic E-state index is 12.8. The molecule has 8 nitrogen and oxygen atoms in total. The number of carbonyl (C=O) groups is 2. The van der Waals surface area contributed by atoms with Gasteiger partial charge in [0.15, 0.2) is 5.76 Å². The largest absolute Gasteiger partial charge is 0.492 e. The van der Waals surface area contributed by atoms with E-state index < -0.39 is 5.91 Å². The first-order valence-electron chi connectivity index (χ1n) is 9.82. The van der Waals surface area contributed by atoms with Gasteiger partial charge in [0.05, 0.1) is 6.54 Å². The summed E-state index contributed by atoms with van der Waals surface area (Å²) in [5, 5.41) is 12.3. The van der Waals surface area contributed by atoms with Gasteiger partial charge in [0.1, 0.15) is 17.8 Å². The zero-order valence-corrected chi connectivity index (χ0v) is 18.3. The van der Waals surface area contributed by atoms with Crippen LogP contribution in [-0.4, -0.2) is 49.2 Å². The van der Waals surface area contributed by atoms with E-state index >= 15 is 0 Å². The number of furan rings is 1. The van der Waals surface area contributed by atoms with Crippen molar-refractivity contribution in [1.82, 2.24) is 15.7 Å².